The Morgan fingerprint density at radius 1 is 0.837 bits per heavy atom. The number of ketones is 1. The van der Waals surface area contributed by atoms with Crippen LogP contribution in [0.4, 0.5) is 5.69 Å². The van der Waals surface area contributed by atoms with Gasteiger partial charge in [-0.05, 0) is 38.5 Å². The van der Waals surface area contributed by atoms with Crippen LogP contribution in [0, 0.1) is 6.92 Å². The van der Waals surface area contributed by atoms with Crippen LogP contribution in [0.5, 0.6) is 11.5 Å². The lowest BCUT2D eigenvalue weighted by Crippen LogP contribution is -3.00. The Hall–Kier alpha value is -2.71. The molecule has 0 aliphatic heterocycles. The largest absolute Gasteiger partial charge is 1.00 e. The van der Waals surface area contributed by atoms with Crippen LogP contribution in [-0.2, 0) is 11.3 Å². The Balaban J connectivity index is 0.00000645. The van der Waals surface area contributed by atoms with E-state index in [9.17, 15) is 9.59 Å². The molecule has 3 rings (SSSR count). The molecule has 236 valence electrons. The predicted molar refractivity (Wildman–Crippen MR) is 172 cm³/mol. The average molecular weight is 674 g/mol. The van der Waals surface area contributed by atoms with E-state index in [4.69, 9.17) is 9.47 Å². The summed E-state index contributed by atoms with van der Waals surface area (Å²) in [7, 11) is 0. The number of carbonyl (C=O) groups is 2. The van der Waals surface area contributed by atoms with Crippen LogP contribution in [0.2, 0.25) is 0 Å². The lowest BCUT2D eigenvalue weighted by Gasteiger charge is -2.16. The maximum atomic E-state index is 12.9. The summed E-state index contributed by atoms with van der Waals surface area (Å²) in [6, 6.07) is 13.0. The number of halogens is 1. The number of amides is 1. The van der Waals surface area contributed by atoms with Crippen molar-refractivity contribution >= 4 is 28.7 Å². The van der Waals surface area contributed by atoms with Gasteiger partial charge in [-0.3, -0.25) is 9.59 Å². The van der Waals surface area contributed by atoms with Crippen molar-refractivity contribution in [1.29, 1.82) is 0 Å². The molecule has 0 saturated heterocycles. The topological polar surface area (TPSA) is 68.5 Å². The normalized spacial score (nSPS) is 10.7. The number of rotatable bonds is 21. The third-order valence-electron chi connectivity index (χ3n) is 7.33. The van der Waals surface area contributed by atoms with Crippen LogP contribution in [0.15, 0.2) is 54.2 Å². The average Bonchev–Trinajstić information content (AvgIpc) is 3.39. The van der Waals surface area contributed by atoms with Gasteiger partial charge in [0.15, 0.2) is 36.6 Å². The molecule has 0 atom stereocenters. The second-order valence-corrected chi connectivity index (χ2v) is 12.1. The molecule has 43 heavy (non-hydrogen) atoms. The fourth-order valence-corrected chi connectivity index (χ4v) is 5.64. The highest BCUT2D eigenvalue weighted by atomic mass is 79.9. The summed E-state index contributed by atoms with van der Waals surface area (Å²) < 4.78 is 14.1. The summed E-state index contributed by atoms with van der Waals surface area (Å²) in [5.41, 5.74) is 4.31. The molecule has 0 fully saturated rings. The summed E-state index contributed by atoms with van der Waals surface area (Å²) in [5, 5.41) is 2.98. The maximum Gasteiger partial charge on any atom is 0.262 e. The van der Waals surface area contributed by atoms with Gasteiger partial charge in [0, 0.05) is 5.56 Å². The van der Waals surface area contributed by atoms with Crippen LogP contribution < -0.4 is 36.3 Å². The molecule has 1 amide bonds. The van der Waals surface area contributed by atoms with Gasteiger partial charge in [-0.1, -0.05) is 113 Å². The van der Waals surface area contributed by atoms with Gasteiger partial charge < -0.3 is 31.8 Å². The first-order valence-electron chi connectivity index (χ1n) is 15.7. The number of hydrogen-bond acceptors (Lipinski definition) is 5. The summed E-state index contributed by atoms with van der Waals surface area (Å²) in [4.78, 5) is 26.4. The number of benzene rings is 2. The molecule has 2 aromatic carbocycles. The molecule has 1 heterocycles. The van der Waals surface area contributed by atoms with E-state index in [1.165, 1.54) is 76.0 Å². The molecule has 0 bridgehead atoms. The summed E-state index contributed by atoms with van der Waals surface area (Å²) in [6.45, 7) is 6.85. The molecule has 0 radical (unpaired) electrons. The van der Waals surface area contributed by atoms with Gasteiger partial charge >= 0.3 is 0 Å². The van der Waals surface area contributed by atoms with Crippen molar-refractivity contribution in [2.45, 2.75) is 104 Å². The van der Waals surface area contributed by atoms with Crippen molar-refractivity contribution in [2.24, 2.45) is 0 Å². The Labute approximate surface area is 273 Å². The van der Waals surface area contributed by atoms with E-state index in [1.54, 1.807) is 29.5 Å². The van der Waals surface area contributed by atoms with E-state index < -0.39 is 0 Å². The molecule has 0 spiro atoms. The van der Waals surface area contributed by atoms with Crippen LogP contribution in [0.1, 0.15) is 112 Å². The predicted octanol–water partition coefficient (Wildman–Crippen LogP) is 5.70. The summed E-state index contributed by atoms with van der Waals surface area (Å²) in [5.74, 6) is 0.471. The van der Waals surface area contributed by atoms with Gasteiger partial charge in [-0.25, -0.2) is 0 Å². The molecule has 0 saturated carbocycles. The minimum absolute atomic E-state index is 0. The standard InChI is InChI=1S/C35H48N2O4S.BrH/c1-4-5-6-7-8-9-10-11-12-13-14-17-23-40-35-31(29(3)38)20-18-22-33(35)41-26-34(39)36-32-21-16-15-19-30(32)25-37-24-28(2)42-27-37;/h15-16,18-22,24,27H,4-14,17,23,25-26H2,1-3H3;1H. The smallest absolute Gasteiger partial charge is 0.262 e. The number of nitrogens with zero attached hydrogens (tertiary/aromatic N) is 1. The van der Waals surface area contributed by atoms with Gasteiger partial charge in [0.05, 0.1) is 22.7 Å². The lowest BCUT2D eigenvalue weighted by molar-refractivity contribution is -0.683. The number of hydrogen-bond donors (Lipinski definition) is 1. The zero-order valence-corrected chi connectivity index (χ0v) is 28.6. The Morgan fingerprint density at radius 2 is 1.49 bits per heavy atom. The van der Waals surface area contributed by atoms with Gasteiger partial charge in [0.25, 0.3) is 5.91 Å². The van der Waals surface area contributed by atoms with Gasteiger partial charge in [0.1, 0.15) is 0 Å². The number of anilines is 1. The third-order valence-corrected chi connectivity index (χ3v) is 8.18. The molecule has 0 unspecified atom stereocenters. The van der Waals surface area contributed by atoms with Gasteiger partial charge in [0.2, 0.25) is 5.51 Å². The van der Waals surface area contributed by atoms with E-state index >= 15 is 0 Å². The van der Waals surface area contributed by atoms with Crippen molar-refractivity contribution in [1.82, 2.24) is 0 Å². The van der Waals surface area contributed by atoms with E-state index in [0.717, 1.165) is 24.1 Å². The molecule has 8 heteroatoms. The lowest BCUT2D eigenvalue weighted by atomic mass is 10.1. The number of nitrogens with one attached hydrogen (secondary N) is 1. The minimum atomic E-state index is -0.269. The highest BCUT2D eigenvalue weighted by Crippen LogP contribution is 2.32. The van der Waals surface area contributed by atoms with Gasteiger partial charge in [-0.2, -0.15) is 4.57 Å². The fraction of sp³-hybridized carbons (Fsp3) is 0.514. The van der Waals surface area contributed by atoms with Crippen LogP contribution >= 0.6 is 11.3 Å². The highest BCUT2D eigenvalue weighted by Gasteiger charge is 2.17. The molecule has 1 N–H and O–H groups in total. The number of carbonyl (C=O) groups excluding carboxylic acids is 2. The Morgan fingerprint density at radius 3 is 2.12 bits per heavy atom. The monoisotopic (exact) mass is 672 g/mol. The third kappa shape index (κ3) is 13.6. The first-order valence-corrected chi connectivity index (χ1v) is 16.6. The number of Topliss-reactive ketones (excluding diaryl/α,β-unsaturated/α-hetero) is 1. The first kappa shape index (κ1) is 36.5. The highest BCUT2D eigenvalue weighted by molar-refractivity contribution is 7.09. The van der Waals surface area contributed by atoms with Crippen LogP contribution in [0.3, 0.4) is 0 Å². The molecule has 6 nitrogen and oxygen atoms in total. The fourth-order valence-electron chi connectivity index (χ4n) is 5.01. The van der Waals surface area contributed by atoms with Crippen molar-refractivity contribution in [3.05, 3.63) is 70.2 Å². The molecular weight excluding hydrogens is 624 g/mol. The van der Waals surface area contributed by atoms with Crippen LogP contribution in [0.25, 0.3) is 0 Å². The van der Waals surface area contributed by atoms with E-state index in [1.807, 2.05) is 24.3 Å². The van der Waals surface area contributed by atoms with E-state index in [0.29, 0.717) is 30.2 Å². The molecule has 0 aliphatic rings. The number of ether oxygens (including phenoxy) is 2. The molecule has 3 aromatic rings. The number of thiazole rings is 1. The second-order valence-electron chi connectivity index (χ2n) is 11.1. The minimum Gasteiger partial charge on any atom is -1.00 e. The molecule has 1 aromatic heterocycles. The zero-order valence-electron chi connectivity index (χ0n) is 26.2. The maximum absolute atomic E-state index is 12.9. The van der Waals surface area contributed by atoms with Crippen LogP contribution in [-0.4, -0.2) is 24.9 Å². The number of aromatic nitrogens is 1. The quantitative estimate of drug-likeness (QED) is 0.0896. The second kappa shape index (κ2) is 21.1. The van der Waals surface area contributed by atoms with Gasteiger partial charge in [-0.15, -0.1) is 0 Å². The Kier molecular flexibility index (Phi) is 17.9. The number of aryl methyl sites for hydroxylation is 1. The number of para-hydroxylation sites is 2. The summed E-state index contributed by atoms with van der Waals surface area (Å²) in [6.07, 6.45) is 17.4. The van der Waals surface area contributed by atoms with Crippen molar-refractivity contribution in [3.8, 4) is 11.5 Å². The first-order chi connectivity index (χ1) is 20.5. The SMILES string of the molecule is CCCCCCCCCCCCCCOc1c(OCC(=O)Nc2ccccc2C[n+]2csc(C)c2)cccc1C(C)=O.[Br-]. The van der Waals surface area contributed by atoms with Crippen molar-refractivity contribution < 1.29 is 40.6 Å². The molecular formula is C35H49BrN2O4S. The van der Waals surface area contributed by atoms with Crippen molar-refractivity contribution in [2.75, 3.05) is 18.5 Å². The summed E-state index contributed by atoms with van der Waals surface area (Å²) >= 11 is 1.69. The molecule has 0 aliphatic carbocycles. The van der Waals surface area contributed by atoms with E-state index in [2.05, 4.69) is 35.4 Å². The number of unbranched alkanes of at least 4 members (excludes halogenated alkanes) is 11. The van der Waals surface area contributed by atoms with Crippen molar-refractivity contribution in [3.63, 3.8) is 0 Å². The van der Waals surface area contributed by atoms with E-state index in [-0.39, 0.29) is 35.3 Å². The Bertz CT molecular complexity index is 1250. The zero-order chi connectivity index (χ0) is 30.0.